The van der Waals surface area contributed by atoms with E-state index in [4.69, 9.17) is 13.9 Å². The monoisotopic (exact) mass is 502 g/mol. The zero-order valence-corrected chi connectivity index (χ0v) is 19.3. The van der Waals surface area contributed by atoms with Crippen LogP contribution in [0.5, 0.6) is 0 Å². The maximum absolute atomic E-state index is 13.4. The Morgan fingerprint density at radius 3 is 2.50 bits per heavy atom. The molecule has 1 saturated heterocycles. The van der Waals surface area contributed by atoms with E-state index < -0.39 is 39.1 Å². The zero-order valence-electron chi connectivity index (χ0n) is 18.5. The molecule has 2 atom stereocenters. The molecule has 12 heteroatoms. The number of amides is 1. The van der Waals surface area contributed by atoms with Gasteiger partial charge < -0.3 is 24.1 Å². The van der Waals surface area contributed by atoms with Gasteiger partial charge in [0.05, 0.1) is 48.0 Å². The molecule has 1 aromatic heterocycles. The molecule has 1 aromatic carbocycles. The first-order chi connectivity index (χ1) is 15.9. The number of hydrogen-bond donors (Lipinski definition) is 1. The van der Waals surface area contributed by atoms with Gasteiger partial charge in [0.15, 0.2) is 0 Å². The lowest BCUT2D eigenvalue weighted by Crippen LogP contribution is -2.44. The van der Waals surface area contributed by atoms with Gasteiger partial charge in [-0.1, -0.05) is 0 Å². The van der Waals surface area contributed by atoms with E-state index in [1.165, 1.54) is 6.07 Å². The minimum atomic E-state index is -4.52. The molecule has 34 heavy (non-hydrogen) atoms. The highest BCUT2D eigenvalue weighted by Gasteiger charge is 2.49. The van der Waals surface area contributed by atoms with E-state index in [0.717, 1.165) is 31.2 Å². The summed E-state index contributed by atoms with van der Waals surface area (Å²) in [4.78, 5) is 14.8. The minimum absolute atomic E-state index is 0.00660. The summed E-state index contributed by atoms with van der Waals surface area (Å²) in [6, 6.07) is 3.21. The van der Waals surface area contributed by atoms with Gasteiger partial charge in [-0.05, 0) is 37.5 Å². The van der Waals surface area contributed by atoms with Crippen molar-refractivity contribution in [2.24, 2.45) is 0 Å². The second-order valence-corrected chi connectivity index (χ2v) is 11.6. The van der Waals surface area contributed by atoms with Crippen LogP contribution in [-0.4, -0.2) is 70.4 Å². The Morgan fingerprint density at radius 1 is 1.18 bits per heavy atom. The molecule has 1 aliphatic carbocycles. The number of alkyl halides is 3. The summed E-state index contributed by atoms with van der Waals surface area (Å²) >= 11 is 0. The number of nitrogens with zero attached hydrogens (tertiary/aromatic N) is 1. The first-order valence-electron chi connectivity index (χ1n) is 11.0. The van der Waals surface area contributed by atoms with E-state index in [-0.39, 0.29) is 41.8 Å². The van der Waals surface area contributed by atoms with Crippen LogP contribution >= 0.6 is 0 Å². The van der Waals surface area contributed by atoms with Crippen molar-refractivity contribution in [3.05, 3.63) is 29.5 Å². The molecule has 1 N–H and O–H groups in total. The number of carbonyl (C=O) groups is 1. The van der Waals surface area contributed by atoms with Gasteiger partial charge in [0.2, 0.25) is 5.76 Å². The Labute approximate surface area is 194 Å². The first kappa shape index (κ1) is 23.4. The fraction of sp³-hybridized carbons (Fsp3) is 0.591. The van der Waals surface area contributed by atoms with Gasteiger partial charge in [-0.2, -0.15) is 13.2 Å². The number of benzene rings is 1. The number of carbonyl (C=O) groups excluding carboxylic acids is 1. The van der Waals surface area contributed by atoms with Crippen molar-refractivity contribution in [1.29, 1.82) is 0 Å². The van der Waals surface area contributed by atoms with Crippen molar-refractivity contribution >= 4 is 32.4 Å². The van der Waals surface area contributed by atoms with Crippen molar-refractivity contribution < 1.29 is 40.3 Å². The molecule has 2 aliphatic heterocycles. The Morgan fingerprint density at radius 2 is 1.88 bits per heavy atom. The minimum Gasteiger partial charge on any atom is -0.449 e. The van der Waals surface area contributed by atoms with Gasteiger partial charge in [-0.15, -0.1) is 0 Å². The molecule has 0 radical (unpaired) electrons. The number of furan rings is 1. The number of anilines is 1. The Balaban J connectivity index is 1.39. The van der Waals surface area contributed by atoms with Crippen LogP contribution in [0.25, 0.3) is 11.0 Å². The molecule has 3 heterocycles. The average molecular weight is 503 g/mol. The lowest BCUT2D eigenvalue weighted by atomic mass is 10.1. The predicted octanol–water partition coefficient (Wildman–Crippen LogP) is 2.75. The van der Waals surface area contributed by atoms with E-state index >= 15 is 0 Å². The van der Waals surface area contributed by atoms with E-state index in [9.17, 15) is 26.4 Å². The van der Waals surface area contributed by atoms with E-state index in [1.54, 1.807) is 0 Å². The maximum atomic E-state index is 13.4. The number of halogens is 3. The number of ether oxygens (including phenoxy) is 2. The average Bonchev–Trinajstić information content (AvgIpc) is 3.40. The summed E-state index contributed by atoms with van der Waals surface area (Å²) in [5, 5.41) is 3.22. The quantitative estimate of drug-likeness (QED) is 0.672. The fourth-order valence-electron chi connectivity index (χ4n) is 4.62. The van der Waals surface area contributed by atoms with Crippen LogP contribution in [0.4, 0.5) is 18.9 Å². The summed E-state index contributed by atoms with van der Waals surface area (Å²) in [5.41, 5.74) is -0.660. The smallest absolute Gasteiger partial charge is 0.416 e. The van der Waals surface area contributed by atoms with Crippen molar-refractivity contribution in [3.63, 3.8) is 0 Å². The number of hydrogen-bond acceptors (Lipinski definition) is 7. The Hall–Kier alpha value is -2.31. The molecule has 0 unspecified atom stereocenters. The van der Waals surface area contributed by atoms with Crippen molar-refractivity contribution in [1.82, 2.24) is 5.32 Å². The molecule has 8 nitrogen and oxygen atoms in total. The summed E-state index contributed by atoms with van der Waals surface area (Å²) in [7, 11) is -3.19. The fourth-order valence-corrected chi connectivity index (χ4v) is 5.49. The normalized spacial score (nSPS) is 24.7. The summed E-state index contributed by atoms with van der Waals surface area (Å²) < 4.78 is 80.2. The summed E-state index contributed by atoms with van der Waals surface area (Å²) in [5.74, 6) is -0.540. The van der Waals surface area contributed by atoms with Crippen molar-refractivity contribution in [2.45, 2.75) is 43.2 Å². The third-order valence-electron chi connectivity index (χ3n) is 6.48. The highest BCUT2D eigenvalue weighted by molar-refractivity contribution is 7.90. The lowest BCUT2D eigenvalue weighted by molar-refractivity contribution is -0.137. The Kier molecular flexibility index (Phi) is 5.60. The highest BCUT2D eigenvalue weighted by atomic mass is 32.2. The lowest BCUT2D eigenvalue weighted by Gasteiger charge is -2.32. The molecule has 186 valence electrons. The van der Waals surface area contributed by atoms with Crippen LogP contribution < -0.4 is 10.2 Å². The van der Waals surface area contributed by atoms with Crippen LogP contribution in [0, 0.1) is 0 Å². The molecule has 5 rings (SSSR count). The first-order valence-corrected chi connectivity index (χ1v) is 13.1. The van der Waals surface area contributed by atoms with Gasteiger partial charge in [-0.25, -0.2) is 8.42 Å². The van der Waals surface area contributed by atoms with E-state index in [2.05, 4.69) is 5.32 Å². The van der Waals surface area contributed by atoms with Crippen molar-refractivity contribution in [3.8, 4) is 0 Å². The molecule has 1 saturated carbocycles. The van der Waals surface area contributed by atoms with Crippen LogP contribution in [-0.2, 0) is 25.5 Å². The van der Waals surface area contributed by atoms with Gasteiger partial charge >= 0.3 is 6.18 Å². The van der Waals surface area contributed by atoms with E-state index in [1.807, 2.05) is 4.90 Å². The molecule has 2 fully saturated rings. The standard InChI is InChI=1S/C22H25F3N2O6S/c1-34(29,30)11-15-10-31-14(9-32-15)4-7-27-12-21(5-6-21)26-20(28)19-18(27)16-8-13(22(23,24)25)2-3-17(16)33-19/h2-3,8,14-15H,4-7,9-12H2,1H3,(H,26,28)/t14-,15-/m0/s1. The number of fused-ring (bicyclic) bond motifs is 3. The molecule has 3 aliphatic rings. The number of sulfone groups is 1. The SMILES string of the molecule is CS(=O)(=O)C[C@@H]1CO[C@@H](CCN2CC3(CC3)NC(=O)c3oc4ccc(C(F)(F)F)cc4c32)CO1. The van der Waals surface area contributed by atoms with Crippen LogP contribution in [0.3, 0.4) is 0 Å². The highest BCUT2D eigenvalue weighted by Crippen LogP contribution is 2.45. The Bertz CT molecular complexity index is 1210. The van der Waals surface area contributed by atoms with Gasteiger partial charge in [-0.3, -0.25) is 4.79 Å². The van der Waals surface area contributed by atoms with Crippen molar-refractivity contribution in [2.75, 3.05) is 43.2 Å². The molecular formula is C22H25F3N2O6S. The third kappa shape index (κ3) is 4.76. The van der Waals surface area contributed by atoms with Gasteiger partial charge in [0, 0.05) is 24.7 Å². The van der Waals surface area contributed by atoms with Crippen LogP contribution in [0.2, 0.25) is 0 Å². The molecule has 0 bridgehead atoms. The second kappa shape index (κ2) is 8.13. The van der Waals surface area contributed by atoms with Crippen LogP contribution in [0.15, 0.2) is 22.6 Å². The molecular weight excluding hydrogens is 477 g/mol. The molecule has 1 spiro atoms. The third-order valence-corrected chi connectivity index (χ3v) is 7.46. The molecule has 2 aromatic rings. The number of rotatable bonds is 5. The maximum Gasteiger partial charge on any atom is 0.416 e. The van der Waals surface area contributed by atoms with Crippen LogP contribution in [0.1, 0.15) is 35.4 Å². The molecule has 1 amide bonds. The van der Waals surface area contributed by atoms with E-state index in [0.29, 0.717) is 25.2 Å². The number of nitrogens with one attached hydrogen (secondary N) is 1. The van der Waals surface area contributed by atoms with Gasteiger partial charge in [0.1, 0.15) is 15.4 Å². The predicted molar refractivity (Wildman–Crippen MR) is 117 cm³/mol. The summed E-state index contributed by atoms with van der Waals surface area (Å²) in [6.45, 7) is 1.21. The van der Waals surface area contributed by atoms with Gasteiger partial charge in [0.25, 0.3) is 5.91 Å². The summed E-state index contributed by atoms with van der Waals surface area (Å²) in [6.07, 6.45) is -2.16. The zero-order chi connectivity index (χ0) is 24.3. The topological polar surface area (TPSA) is 98.1 Å². The second-order valence-electron chi connectivity index (χ2n) is 9.44. The largest absolute Gasteiger partial charge is 0.449 e.